The third kappa shape index (κ3) is 4.07. The normalized spacial score (nSPS) is 25.8. The maximum atomic E-state index is 8.97. The summed E-state index contributed by atoms with van der Waals surface area (Å²) in [6.07, 6.45) is 4.93. The van der Waals surface area contributed by atoms with Gasteiger partial charge in [0.25, 0.3) is 0 Å². The Morgan fingerprint density at radius 2 is 2.38 bits per heavy atom. The van der Waals surface area contributed by atoms with Crippen molar-refractivity contribution in [3.63, 3.8) is 0 Å². The zero-order valence-electron chi connectivity index (χ0n) is 8.55. The van der Waals surface area contributed by atoms with E-state index in [1.807, 2.05) is 0 Å². The van der Waals surface area contributed by atoms with Crippen molar-refractivity contribution in [1.29, 1.82) is 0 Å². The summed E-state index contributed by atoms with van der Waals surface area (Å²) in [6.45, 7) is 4.51. The van der Waals surface area contributed by atoms with Crippen molar-refractivity contribution in [1.82, 2.24) is 10.6 Å². The summed E-state index contributed by atoms with van der Waals surface area (Å²) in [4.78, 5) is 0. The van der Waals surface area contributed by atoms with Gasteiger partial charge in [0.2, 0.25) is 0 Å². The Hall–Kier alpha value is -0.120. The fourth-order valence-electron chi connectivity index (χ4n) is 1.75. The molecule has 0 spiro atoms. The lowest BCUT2D eigenvalue weighted by Gasteiger charge is -2.25. The van der Waals surface area contributed by atoms with E-state index >= 15 is 0 Å². The highest BCUT2D eigenvalue weighted by molar-refractivity contribution is 4.76. The summed E-state index contributed by atoms with van der Waals surface area (Å²) >= 11 is 0. The second-order valence-corrected chi connectivity index (χ2v) is 3.84. The van der Waals surface area contributed by atoms with Gasteiger partial charge in [-0.05, 0) is 25.8 Å². The largest absolute Gasteiger partial charge is 0.395 e. The summed E-state index contributed by atoms with van der Waals surface area (Å²) in [7, 11) is 0. The summed E-state index contributed by atoms with van der Waals surface area (Å²) in [5, 5.41) is 15.8. The first-order chi connectivity index (χ1) is 6.36. The smallest absolute Gasteiger partial charge is 0.0584 e. The average molecular weight is 186 g/mol. The summed E-state index contributed by atoms with van der Waals surface area (Å²) in [6, 6.07) is 0.901. The molecule has 1 fully saturated rings. The minimum Gasteiger partial charge on any atom is -0.395 e. The van der Waals surface area contributed by atoms with Crippen LogP contribution in [0.25, 0.3) is 0 Å². The average Bonchev–Trinajstić information content (AvgIpc) is 2.21. The van der Waals surface area contributed by atoms with Gasteiger partial charge in [-0.15, -0.1) is 0 Å². The number of rotatable bonds is 5. The Kier molecular flexibility index (Phi) is 5.35. The Balaban J connectivity index is 2.09. The number of piperidine rings is 1. The van der Waals surface area contributed by atoms with Crippen molar-refractivity contribution < 1.29 is 5.11 Å². The van der Waals surface area contributed by atoms with Gasteiger partial charge in [-0.25, -0.2) is 0 Å². The second kappa shape index (κ2) is 6.35. The summed E-state index contributed by atoms with van der Waals surface area (Å²) in [5.41, 5.74) is 0. The van der Waals surface area contributed by atoms with E-state index in [0.29, 0.717) is 6.04 Å². The van der Waals surface area contributed by atoms with Gasteiger partial charge >= 0.3 is 0 Å². The molecule has 1 unspecified atom stereocenters. The predicted octanol–water partition coefficient (Wildman–Crippen LogP) is 0.489. The zero-order chi connectivity index (χ0) is 9.52. The quantitative estimate of drug-likeness (QED) is 0.585. The highest BCUT2D eigenvalue weighted by Gasteiger charge is 2.13. The van der Waals surface area contributed by atoms with E-state index in [1.165, 1.54) is 19.3 Å². The van der Waals surface area contributed by atoms with Gasteiger partial charge in [0.15, 0.2) is 0 Å². The number of hydrogen-bond donors (Lipinski definition) is 3. The summed E-state index contributed by atoms with van der Waals surface area (Å²) < 4.78 is 0. The molecule has 3 nitrogen and oxygen atoms in total. The Morgan fingerprint density at radius 3 is 2.92 bits per heavy atom. The van der Waals surface area contributed by atoms with Crippen LogP contribution in [0, 0.1) is 0 Å². The molecular formula is C10H22N2O. The highest BCUT2D eigenvalue weighted by Crippen LogP contribution is 2.06. The molecule has 1 aliphatic heterocycles. The van der Waals surface area contributed by atoms with Crippen LogP contribution >= 0.6 is 0 Å². The first-order valence-electron chi connectivity index (χ1n) is 5.44. The fourth-order valence-corrected chi connectivity index (χ4v) is 1.75. The van der Waals surface area contributed by atoms with Gasteiger partial charge in [0.05, 0.1) is 6.61 Å². The van der Waals surface area contributed by atoms with Gasteiger partial charge < -0.3 is 15.7 Å². The molecule has 0 bridgehead atoms. The number of aliphatic hydroxyl groups excluding tert-OH is 1. The van der Waals surface area contributed by atoms with Gasteiger partial charge in [0.1, 0.15) is 0 Å². The van der Waals surface area contributed by atoms with Crippen LogP contribution in [0.1, 0.15) is 32.6 Å². The van der Waals surface area contributed by atoms with Crippen LogP contribution in [0.3, 0.4) is 0 Å². The van der Waals surface area contributed by atoms with Crippen molar-refractivity contribution in [2.75, 3.05) is 19.7 Å². The second-order valence-electron chi connectivity index (χ2n) is 3.84. The number of aliphatic hydroxyl groups is 1. The molecule has 0 aromatic heterocycles. The van der Waals surface area contributed by atoms with E-state index < -0.39 is 0 Å². The molecule has 0 saturated carbocycles. The van der Waals surface area contributed by atoms with Gasteiger partial charge in [0, 0.05) is 18.6 Å². The lowest BCUT2D eigenvalue weighted by molar-refractivity contribution is 0.232. The third-order valence-electron chi connectivity index (χ3n) is 2.78. The van der Waals surface area contributed by atoms with Crippen molar-refractivity contribution in [2.24, 2.45) is 0 Å². The molecule has 0 radical (unpaired) electrons. The minimum absolute atomic E-state index is 0.253. The molecule has 13 heavy (non-hydrogen) atoms. The van der Waals surface area contributed by atoms with Gasteiger partial charge in [-0.1, -0.05) is 13.3 Å². The Labute approximate surface area is 80.9 Å². The molecule has 1 heterocycles. The molecule has 2 atom stereocenters. The maximum Gasteiger partial charge on any atom is 0.0584 e. The van der Waals surface area contributed by atoms with Crippen LogP contribution in [0.4, 0.5) is 0 Å². The van der Waals surface area contributed by atoms with E-state index in [9.17, 15) is 0 Å². The van der Waals surface area contributed by atoms with Crippen molar-refractivity contribution in [3.8, 4) is 0 Å². The number of hydrogen-bond acceptors (Lipinski definition) is 3. The highest BCUT2D eigenvalue weighted by atomic mass is 16.3. The molecular weight excluding hydrogens is 164 g/mol. The molecule has 0 aliphatic carbocycles. The van der Waals surface area contributed by atoms with Crippen molar-refractivity contribution >= 4 is 0 Å². The topological polar surface area (TPSA) is 44.3 Å². The molecule has 3 heteroatoms. The van der Waals surface area contributed by atoms with Crippen LogP contribution in [-0.4, -0.2) is 36.9 Å². The third-order valence-corrected chi connectivity index (χ3v) is 2.78. The lowest BCUT2D eigenvalue weighted by Crippen LogP contribution is -2.45. The monoisotopic (exact) mass is 186 g/mol. The van der Waals surface area contributed by atoms with Crippen molar-refractivity contribution in [3.05, 3.63) is 0 Å². The maximum absolute atomic E-state index is 8.97. The zero-order valence-corrected chi connectivity index (χ0v) is 8.55. The number of nitrogens with one attached hydrogen (secondary N) is 2. The first-order valence-corrected chi connectivity index (χ1v) is 5.44. The lowest BCUT2D eigenvalue weighted by atomic mass is 10.0. The van der Waals surface area contributed by atoms with Crippen LogP contribution in [0.15, 0.2) is 0 Å². The first kappa shape index (κ1) is 11.0. The van der Waals surface area contributed by atoms with Crippen LogP contribution in [-0.2, 0) is 0 Å². The summed E-state index contributed by atoms with van der Waals surface area (Å²) in [5.74, 6) is 0. The molecule has 0 aromatic rings. The van der Waals surface area contributed by atoms with E-state index in [4.69, 9.17) is 5.11 Å². The van der Waals surface area contributed by atoms with E-state index in [1.54, 1.807) is 0 Å². The molecule has 0 amide bonds. The van der Waals surface area contributed by atoms with Gasteiger partial charge in [-0.2, -0.15) is 0 Å². The predicted molar refractivity (Wildman–Crippen MR) is 54.8 cm³/mol. The van der Waals surface area contributed by atoms with Crippen molar-refractivity contribution in [2.45, 2.75) is 44.7 Å². The van der Waals surface area contributed by atoms with Crippen LogP contribution in [0.2, 0.25) is 0 Å². The van der Waals surface area contributed by atoms with E-state index in [2.05, 4.69) is 17.6 Å². The molecule has 78 valence electrons. The SMILES string of the molecule is CC[C@@H](CO)NCC1CCCCN1. The van der Waals surface area contributed by atoms with Crippen LogP contribution in [0.5, 0.6) is 0 Å². The molecule has 1 saturated heterocycles. The Bertz CT molecular complexity index is 120. The Morgan fingerprint density at radius 1 is 1.54 bits per heavy atom. The minimum atomic E-state index is 0.253. The molecule has 3 N–H and O–H groups in total. The van der Waals surface area contributed by atoms with E-state index in [0.717, 1.165) is 19.5 Å². The van der Waals surface area contributed by atoms with E-state index in [-0.39, 0.29) is 12.6 Å². The fraction of sp³-hybridized carbons (Fsp3) is 1.00. The standard InChI is InChI=1S/C10H22N2O/c1-2-9(8-13)12-7-10-5-3-4-6-11-10/h9-13H,2-8H2,1H3/t9-,10?/m0/s1. The van der Waals surface area contributed by atoms with Gasteiger partial charge in [-0.3, -0.25) is 0 Å². The van der Waals surface area contributed by atoms with Crippen LogP contribution < -0.4 is 10.6 Å². The molecule has 1 aliphatic rings. The molecule has 1 rings (SSSR count). The molecule has 0 aromatic carbocycles.